The summed E-state index contributed by atoms with van der Waals surface area (Å²) in [4.78, 5) is 18.9. The Labute approximate surface area is 160 Å². The molecule has 0 radical (unpaired) electrons. The number of imidazole rings is 1. The maximum Gasteiger partial charge on any atom is 0.260 e. The van der Waals surface area contributed by atoms with Crippen molar-refractivity contribution < 1.29 is 14.3 Å². The van der Waals surface area contributed by atoms with Crippen molar-refractivity contribution in [3.05, 3.63) is 48.0 Å². The second kappa shape index (κ2) is 8.13. The predicted octanol–water partition coefficient (Wildman–Crippen LogP) is 2.62. The Bertz CT molecular complexity index is 762. The fourth-order valence-electron chi connectivity index (χ4n) is 3.90. The number of aryl methyl sites for hydroxylation is 1. The molecule has 0 spiro atoms. The number of amides is 1. The standard InChI is InChI=1S/C21H27N3O3/c1-16-11-22-21(18-7-9-26-10-8-18)24(16)14-17-12-23(13-17)20(25)15-27-19-5-3-2-4-6-19/h2-6,11,17-18H,7-10,12-15H2,1H3. The van der Waals surface area contributed by atoms with E-state index >= 15 is 0 Å². The molecule has 1 amide bonds. The average molecular weight is 369 g/mol. The minimum atomic E-state index is 0.0575. The molecule has 0 unspecified atom stereocenters. The molecule has 4 rings (SSSR count). The summed E-state index contributed by atoms with van der Waals surface area (Å²) in [5.41, 5.74) is 1.20. The number of benzene rings is 1. The van der Waals surface area contributed by atoms with Gasteiger partial charge in [0.05, 0.1) is 0 Å². The van der Waals surface area contributed by atoms with Gasteiger partial charge in [0.2, 0.25) is 0 Å². The van der Waals surface area contributed by atoms with E-state index in [0.717, 1.165) is 51.4 Å². The molecule has 2 aliphatic rings. The first kappa shape index (κ1) is 18.0. The SMILES string of the molecule is Cc1cnc(C2CCOCC2)n1CC1CN(C(=O)COc2ccccc2)C1. The Kier molecular flexibility index (Phi) is 5.43. The van der Waals surface area contributed by atoms with Gasteiger partial charge in [0, 0.05) is 56.6 Å². The normalized spacial score (nSPS) is 18.3. The van der Waals surface area contributed by atoms with Crippen LogP contribution >= 0.6 is 0 Å². The Balaban J connectivity index is 1.28. The highest BCUT2D eigenvalue weighted by molar-refractivity contribution is 5.78. The molecule has 2 aliphatic heterocycles. The number of para-hydroxylation sites is 1. The van der Waals surface area contributed by atoms with E-state index in [-0.39, 0.29) is 12.5 Å². The van der Waals surface area contributed by atoms with Crippen LogP contribution in [0, 0.1) is 12.8 Å². The summed E-state index contributed by atoms with van der Waals surface area (Å²) in [6.07, 6.45) is 4.06. The van der Waals surface area contributed by atoms with E-state index < -0.39 is 0 Å². The minimum Gasteiger partial charge on any atom is -0.484 e. The molecule has 0 atom stereocenters. The average Bonchev–Trinajstić information content (AvgIpc) is 3.04. The third-order valence-electron chi connectivity index (χ3n) is 5.53. The van der Waals surface area contributed by atoms with E-state index in [1.807, 2.05) is 41.4 Å². The summed E-state index contributed by atoms with van der Waals surface area (Å²) in [5.74, 6) is 2.95. The van der Waals surface area contributed by atoms with Crippen LogP contribution in [0.15, 0.2) is 36.5 Å². The highest BCUT2D eigenvalue weighted by Crippen LogP contribution is 2.28. The Morgan fingerprint density at radius 3 is 2.70 bits per heavy atom. The number of rotatable bonds is 6. The first-order valence-corrected chi connectivity index (χ1v) is 9.76. The van der Waals surface area contributed by atoms with Crippen LogP contribution in [0.2, 0.25) is 0 Å². The van der Waals surface area contributed by atoms with Gasteiger partial charge in [0.1, 0.15) is 11.6 Å². The van der Waals surface area contributed by atoms with Crippen LogP contribution in [0.3, 0.4) is 0 Å². The van der Waals surface area contributed by atoms with Crippen molar-refractivity contribution in [2.24, 2.45) is 5.92 Å². The Hall–Kier alpha value is -2.34. The predicted molar refractivity (Wildman–Crippen MR) is 102 cm³/mol. The summed E-state index contributed by atoms with van der Waals surface area (Å²) in [7, 11) is 0. The third kappa shape index (κ3) is 4.16. The van der Waals surface area contributed by atoms with Gasteiger partial charge in [-0.25, -0.2) is 4.98 Å². The molecular weight excluding hydrogens is 342 g/mol. The van der Waals surface area contributed by atoms with Crippen molar-refractivity contribution in [1.29, 1.82) is 0 Å². The maximum absolute atomic E-state index is 12.3. The lowest BCUT2D eigenvalue weighted by Gasteiger charge is -2.40. The number of carbonyl (C=O) groups is 1. The van der Waals surface area contributed by atoms with Crippen molar-refractivity contribution in [3.63, 3.8) is 0 Å². The second-order valence-corrected chi connectivity index (χ2v) is 7.52. The zero-order valence-corrected chi connectivity index (χ0v) is 15.8. The van der Waals surface area contributed by atoms with Crippen LogP contribution in [0.4, 0.5) is 0 Å². The highest BCUT2D eigenvalue weighted by Gasteiger charge is 2.32. The lowest BCUT2D eigenvalue weighted by molar-refractivity contribution is -0.140. The number of ether oxygens (including phenoxy) is 2. The quantitative estimate of drug-likeness (QED) is 0.785. The molecule has 2 saturated heterocycles. The smallest absolute Gasteiger partial charge is 0.260 e. The van der Waals surface area contributed by atoms with E-state index in [9.17, 15) is 4.79 Å². The van der Waals surface area contributed by atoms with Gasteiger partial charge in [-0.05, 0) is 31.9 Å². The van der Waals surface area contributed by atoms with E-state index in [2.05, 4.69) is 16.5 Å². The molecule has 2 aromatic rings. The van der Waals surface area contributed by atoms with Crippen molar-refractivity contribution in [1.82, 2.24) is 14.5 Å². The molecule has 27 heavy (non-hydrogen) atoms. The fraction of sp³-hybridized carbons (Fsp3) is 0.524. The first-order valence-electron chi connectivity index (χ1n) is 9.76. The van der Waals surface area contributed by atoms with Crippen LogP contribution < -0.4 is 4.74 Å². The lowest BCUT2D eigenvalue weighted by Crippen LogP contribution is -2.53. The molecule has 2 fully saturated rings. The summed E-state index contributed by atoms with van der Waals surface area (Å²) >= 11 is 0. The molecule has 0 N–H and O–H groups in total. The van der Waals surface area contributed by atoms with Crippen molar-refractivity contribution >= 4 is 5.91 Å². The lowest BCUT2D eigenvalue weighted by atomic mass is 9.97. The molecule has 0 aliphatic carbocycles. The molecule has 6 heteroatoms. The van der Waals surface area contributed by atoms with Gasteiger partial charge in [-0.1, -0.05) is 18.2 Å². The van der Waals surface area contributed by atoms with Crippen LogP contribution in [0.25, 0.3) is 0 Å². The second-order valence-electron chi connectivity index (χ2n) is 7.52. The van der Waals surface area contributed by atoms with Gasteiger partial charge < -0.3 is 18.9 Å². The summed E-state index contributed by atoms with van der Waals surface area (Å²) in [6.45, 7) is 6.39. The summed E-state index contributed by atoms with van der Waals surface area (Å²) < 4.78 is 13.4. The van der Waals surface area contributed by atoms with E-state index in [0.29, 0.717) is 11.8 Å². The van der Waals surface area contributed by atoms with Gasteiger partial charge in [0.15, 0.2) is 6.61 Å². The van der Waals surface area contributed by atoms with Gasteiger partial charge in [-0.3, -0.25) is 4.79 Å². The molecule has 1 aromatic carbocycles. The molecule has 144 valence electrons. The zero-order chi connectivity index (χ0) is 18.6. The van der Waals surface area contributed by atoms with Crippen LogP contribution in [0.5, 0.6) is 5.75 Å². The minimum absolute atomic E-state index is 0.0575. The van der Waals surface area contributed by atoms with Gasteiger partial charge in [0.25, 0.3) is 5.91 Å². The highest BCUT2D eigenvalue weighted by atomic mass is 16.5. The van der Waals surface area contributed by atoms with Gasteiger partial charge in [-0.2, -0.15) is 0 Å². The van der Waals surface area contributed by atoms with Crippen LogP contribution in [0.1, 0.15) is 30.3 Å². The van der Waals surface area contributed by atoms with Gasteiger partial charge in [-0.15, -0.1) is 0 Å². The molecule has 0 saturated carbocycles. The summed E-state index contributed by atoms with van der Waals surface area (Å²) in [5, 5.41) is 0. The van der Waals surface area contributed by atoms with Crippen molar-refractivity contribution in [3.8, 4) is 5.75 Å². The number of hydrogen-bond donors (Lipinski definition) is 0. The molecule has 3 heterocycles. The Morgan fingerprint density at radius 1 is 1.22 bits per heavy atom. The fourth-order valence-corrected chi connectivity index (χ4v) is 3.90. The van der Waals surface area contributed by atoms with Crippen LogP contribution in [-0.2, 0) is 16.1 Å². The molecular formula is C21H27N3O3. The molecule has 6 nitrogen and oxygen atoms in total. The number of nitrogens with zero attached hydrogens (tertiary/aromatic N) is 3. The zero-order valence-electron chi connectivity index (χ0n) is 15.8. The molecule has 0 bridgehead atoms. The monoisotopic (exact) mass is 369 g/mol. The van der Waals surface area contributed by atoms with Gasteiger partial charge >= 0.3 is 0 Å². The number of aromatic nitrogens is 2. The number of hydrogen-bond acceptors (Lipinski definition) is 4. The third-order valence-corrected chi connectivity index (χ3v) is 5.53. The van der Waals surface area contributed by atoms with Crippen molar-refractivity contribution in [2.75, 3.05) is 32.9 Å². The molecule has 1 aromatic heterocycles. The van der Waals surface area contributed by atoms with E-state index in [4.69, 9.17) is 9.47 Å². The van der Waals surface area contributed by atoms with Crippen LogP contribution in [-0.4, -0.2) is 53.3 Å². The summed E-state index contributed by atoms with van der Waals surface area (Å²) in [6, 6.07) is 9.48. The maximum atomic E-state index is 12.3. The largest absolute Gasteiger partial charge is 0.484 e. The first-order chi connectivity index (χ1) is 13.2. The van der Waals surface area contributed by atoms with E-state index in [1.54, 1.807) is 0 Å². The number of carbonyl (C=O) groups excluding carboxylic acids is 1. The topological polar surface area (TPSA) is 56.6 Å². The number of likely N-dealkylation sites (tertiary alicyclic amines) is 1. The van der Waals surface area contributed by atoms with Crippen molar-refractivity contribution in [2.45, 2.75) is 32.2 Å². The van der Waals surface area contributed by atoms with E-state index in [1.165, 1.54) is 11.5 Å². The Morgan fingerprint density at radius 2 is 1.96 bits per heavy atom.